The molecule has 8 heteroatoms. The Morgan fingerprint density at radius 2 is 1.78 bits per heavy atom. The maximum absolute atomic E-state index is 11.9. The highest BCUT2D eigenvalue weighted by Crippen LogP contribution is 2.18. The molecule has 1 aromatic rings. The van der Waals surface area contributed by atoms with Gasteiger partial charge in [-0.15, -0.1) is 0 Å². The highest BCUT2D eigenvalue weighted by Gasteiger charge is 2.28. The number of sulfonamides is 1. The molecule has 0 aliphatic rings. The Balaban J connectivity index is 2.53. The summed E-state index contributed by atoms with van der Waals surface area (Å²) in [5, 5.41) is 0. The molecular weight excluding hydrogens is 271 g/mol. The van der Waals surface area contributed by atoms with Crippen molar-refractivity contribution in [3.63, 3.8) is 0 Å². The lowest BCUT2D eigenvalue weighted by molar-refractivity contribution is -0.153. The zero-order valence-electron chi connectivity index (χ0n) is 9.49. The first-order chi connectivity index (χ1) is 8.16. The van der Waals surface area contributed by atoms with Crippen LogP contribution in [0, 0.1) is 0 Å². The molecule has 1 rings (SSSR count). The van der Waals surface area contributed by atoms with E-state index >= 15 is 0 Å². The van der Waals surface area contributed by atoms with E-state index in [1.807, 2.05) is 0 Å². The van der Waals surface area contributed by atoms with Gasteiger partial charge in [-0.3, -0.25) is 0 Å². The SMILES string of the molecule is CS(=O)(=O)NCc1ccc(OCC(F)(F)F)cc1. The number of hydrogen-bond acceptors (Lipinski definition) is 3. The smallest absolute Gasteiger partial charge is 0.422 e. The fraction of sp³-hybridized carbons (Fsp3) is 0.400. The van der Waals surface area contributed by atoms with Crippen LogP contribution in [0.4, 0.5) is 13.2 Å². The van der Waals surface area contributed by atoms with Gasteiger partial charge >= 0.3 is 6.18 Å². The van der Waals surface area contributed by atoms with E-state index in [9.17, 15) is 21.6 Å². The van der Waals surface area contributed by atoms with Crippen molar-refractivity contribution in [3.8, 4) is 5.75 Å². The molecule has 0 spiro atoms. The van der Waals surface area contributed by atoms with Crippen LogP contribution in [0.25, 0.3) is 0 Å². The molecule has 0 bridgehead atoms. The van der Waals surface area contributed by atoms with Crippen LogP contribution in [-0.4, -0.2) is 27.5 Å². The molecule has 0 fully saturated rings. The summed E-state index contributed by atoms with van der Waals surface area (Å²) >= 11 is 0. The lowest BCUT2D eigenvalue weighted by atomic mass is 10.2. The van der Waals surface area contributed by atoms with E-state index in [1.54, 1.807) is 0 Å². The number of benzene rings is 1. The number of hydrogen-bond donors (Lipinski definition) is 1. The maximum atomic E-state index is 11.9. The summed E-state index contributed by atoms with van der Waals surface area (Å²) < 4.78 is 64.0. The first-order valence-electron chi connectivity index (χ1n) is 4.89. The number of ether oxygens (including phenoxy) is 1. The summed E-state index contributed by atoms with van der Waals surface area (Å²) in [5.41, 5.74) is 0.625. The van der Waals surface area contributed by atoms with Gasteiger partial charge in [-0.1, -0.05) is 12.1 Å². The van der Waals surface area contributed by atoms with Gasteiger partial charge in [-0.25, -0.2) is 13.1 Å². The van der Waals surface area contributed by atoms with Gasteiger partial charge in [0.1, 0.15) is 5.75 Å². The minimum Gasteiger partial charge on any atom is -0.484 e. The van der Waals surface area contributed by atoms with Crippen molar-refractivity contribution in [2.75, 3.05) is 12.9 Å². The van der Waals surface area contributed by atoms with Crippen molar-refractivity contribution in [2.24, 2.45) is 0 Å². The van der Waals surface area contributed by atoms with E-state index in [0.717, 1.165) is 6.26 Å². The first-order valence-corrected chi connectivity index (χ1v) is 6.78. The lowest BCUT2D eigenvalue weighted by Crippen LogP contribution is -2.21. The van der Waals surface area contributed by atoms with E-state index in [0.29, 0.717) is 5.56 Å². The van der Waals surface area contributed by atoms with Crippen molar-refractivity contribution in [1.29, 1.82) is 0 Å². The fourth-order valence-electron chi connectivity index (χ4n) is 1.08. The molecule has 0 saturated heterocycles. The number of alkyl halides is 3. The van der Waals surface area contributed by atoms with Gasteiger partial charge in [-0.05, 0) is 17.7 Å². The molecule has 0 aliphatic heterocycles. The Morgan fingerprint density at radius 1 is 1.22 bits per heavy atom. The minimum absolute atomic E-state index is 0.0791. The van der Waals surface area contributed by atoms with Gasteiger partial charge in [0.25, 0.3) is 0 Å². The predicted molar refractivity (Wildman–Crippen MR) is 59.7 cm³/mol. The molecular formula is C10H12F3NO3S. The Hall–Kier alpha value is -1.28. The number of halogens is 3. The number of rotatable bonds is 5. The normalized spacial score (nSPS) is 12.4. The standard InChI is InChI=1S/C10H12F3NO3S/c1-18(15,16)14-6-8-2-4-9(5-3-8)17-7-10(11,12)13/h2-5,14H,6-7H2,1H3. The van der Waals surface area contributed by atoms with Crippen LogP contribution >= 0.6 is 0 Å². The van der Waals surface area contributed by atoms with Gasteiger partial charge in [0.2, 0.25) is 10.0 Å². The second-order valence-electron chi connectivity index (χ2n) is 3.64. The molecule has 0 radical (unpaired) electrons. The van der Waals surface area contributed by atoms with E-state index in [4.69, 9.17) is 0 Å². The third-order valence-corrected chi connectivity index (χ3v) is 2.53. The molecule has 0 saturated carbocycles. The maximum Gasteiger partial charge on any atom is 0.422 e. The van der Waals surface area contributed by atoms with Gasteiger partial charge in [0, 0.05) is 6.54 Å². The van der Waals surface area contributed by atoms with E-state index < -0.39 is 22.8 Å². The Kier molecular flexibility index (Phi) is 4.58. The number of nitrogens with one attached hydrogen (secondary N) is 1. The van der Waals surface area contributed by atoms with Crippen molar-refractivity contribution >= 4 is 10.0 Å². The first kappa shape index (κ1) is 14.8. The summed E-state index contributed by atoms with van der Waals surface area (Å²) in [6.45, 7) is -1.27. The zero-order chi connectivity index (χ0) is 13.8. The Labute approximate surface area is 103 Å². The second-order valence-corrected chi connectivity index (χ2v) is 5.47. The molecule has 1 aromatic carbocycles. The molecule has 0 aliphatic carbocycles. The van der Waals surface area contributed by atoms with Crippen LogP contribution in [0.15, 0.2) is 24.3 Å². The molecule has 18 heavy (non-hydrogen) atoms. The van der Waals surface area contributed by atoms with E-state index in [-0.39, 0.29) is 12.3 Å². The molecule has 0 aromatic heterocycles. The van der Waals surface area contributed by atoms with Crippen molar-refractivity contribution in [3.05, 3.63) is 29.8 Å². The third-order valence-electron chi connectivity index (χ3n) is 1.86. The van der Waals surface area contributed by atoms with Gasteiger partial charge in [0.15, 0.2) is 6.61 Å². The summed E-state index contributed by atoms with van der Waals surface area (Å²) in [6.07, 6.45) is -3.36. The average molecular weight is 283 g/mol. The van der Waals surface area contributed by atoms with Gasteiger partial charge in [0.05, 0.1) is 6.26 Å². The summed E-state index contributed by atoms with van der Waals surface area (Å²) in [5.74, 6) is 0.0791. The van der Waals surface area contributed by atoms with E-state index in [2.05, 4.69) is 9.46 Å². The Morgan fingerprint density at radius 3 is 2.22 bits per heavy atom. The summed E-state index contributed by atoms with van der Waals surface area (Å²) in [4.78, 5) is 0. The van der Waals surface area contributed by atoms with Crippen LogP contribution in [0.1, 0.15) is 5.56 Å². The molecule has 0 unspecified atom stereocenters. The second kappa shape index (κ2) is 5.57. The van der Waals surface area contributed by atoms with E-state index in [1.165, 1.54) is 24.3 Å². The highest BCUT2D eigenvalue weighted by molar-refractivity contribution is 7.88. The van der Waals surface area contributed by atoms with Gasteiger partial charge in [-0.2, -0.15) is 13.2 Å². The lowest BCUT2D eigenvalue weighted by Gasteiger charge is -2.09. The predicted octanol–water partition coefficient (Wildman–Crippen LogP) is 1.68. The molecule has 4 nitrogen and oxygen atoms in total. The summed E-state index contributed by atoms with van der Waals surface area (Å²) in [6, 6.07) is 5.68. The molecule has 1 N–H and O–H groups in total. The topological polar surface area (TPSA) is 55.4 Å². The van der Waals surface area contributed by atoms with Gasteiger partial charge < -0.3 is 4.74 Å². The van der Waals surface area contributed by atoms with Crippen LogP contribution in [-0.2, 0) is 16.6 Å². The van der Waals surface area contributed by atoms with Crippen LogP contribution in [0.2, 0.25) is 0 Å². The van der Waals surface area contributed by atoms with Crippen LogP contribution in [0.5, 0.6) is 5.75 Å². The molecule has 0 atom stereocenters. The zero-order valence-corrected chi connectivity index (χ0v) is 10.3. The summed E-state index contributed by atoms with van der Waals surface area (Å²) in [7, 11) is -3.29. The third kappa shape index (κ3) is 6.45. The fourth-order valence-corrected chi connectivity index (χ4v) is 1.51. The van der Waals surface area contributed by atoms with Crippen molar-refractivity contribution in [1.82, 2.24) is 4.72 Å². The highest BCUT2D eigenvalue weighted by atomic mass is 32.2. The van der Waals surface area contributed by atoms with Crippen LogP contribution in [0.3, 0.4) is 0 Å². The minimum atomic E-state index is -4.38. The van der Waals surface area contributed by atoms with Crippen molar-refractivity contribution in [2.45, 2.75) is 12.7 Å². The molecule has 0 amide bonds. The monoisotopic (exact) mass is 283 g/mol. The Bertz CT molecular complexity index is 482. The largest absolute Gasteiger partial charge is 0.484 e. The molecule has 102 valence electrons. The average Bonchev–Trinajstić information content (AvgIpc) is 2.23. The van der Waals surface area contributed by atoms with Crippen LogP contribution < -0.4 is 9.46 Å². The van der Waals surface area contributed by atoms with Crippen molar-refractivity contribution < 1.29 is 26.3 Å². The molecule has 0 heterocycles. The quantitative estimate of drug-likeness (QED) is 0.894.